The van der Waals surface area contributed by atoms with Crippen molar-refractivity contribution in [3.8, 4) is 5.75 Å². The second-order valence-corrected chi connectivity index (χ2v) is 5.15. The molecular weight excluding hydrogens is 270 g/mol. The van der Waals surface area contributed by atoms with Gasteiger partial charge in [0.1, 0.15) is 5.75 Å². The Morgan fingerprint density at radius 1 is 1.44 bits per heavy atom. The van der Waals surface area contributed by atoms with Crippen LogP contribution < -0.4 is 0 Å². The van der Waals surface area contributed by atoms with Crippen LogP contribution in [0.2, 0.25) is 5.02 Å². The van der Waals surface area contributed by atoms with Gasteiger partial charge in [0, 0.05) is 19.2 Å². The number of hydrogen-bond donors (Lipinski definition) is 1. The molecule has 0 aliphatic carbocycles. The lowest BCUT2D eigenvalue weighted by atomic mass is 10.2. The van der Waals surface area contributed by atoms with Gasteiger partial charge in [0.15, 0.2) is 0 Å². The Balaban J connectivity index is 2.12. The number of carbonyl (C=O) groups is 1. The van der Waals surface area contributed by atoms with Crippen LogP contribution in [0.25, 0.3) is 0 Å². The van der Waals surface area contributed by atoms with Gasteiger partial charge in [0.05, 0.1) is 5.02 Å². The summed E-state index contributed by atoms with van der Waals surface area (Å²) < 4.78 is 0. The second-order valence-electron chi connectivity index (χ2n) is 3.96. The third-order valence-corrected chi connectivity index (χ3v) is 3.58. The summed E-state index contributed by atoms with van der Waals surface area (Å²) in [6, 6.07) is 6.45. The molecule has 1 amide bonds. The van der Waals surface area contributed by atoms with E-state index >= 15 is 0 Å². The predicted molar refractivity (Wildman–Crippen MR) is 73.2 cm³/mol. The van der Waals surface area contributed by atoms with Crippen molar-refractivity contribution in [2.24, 2.45) is 0 Å². The fraction of sp³-hybridized carbons (Fsp3) is 0.154. The molecular formula is C13H12ClNO2S. The van der Waals surface area contributed by atoms with Crippen molar-refractivity contribution in [3.05, 3.63) is 51.2 Å². The number of halogens is 1. The van der Waals surface area contributed by atoms with Crippen molar-refractivity contribution in [3.63, 3.8) is 0 Å². The number of aromatic hydroxyl groups is 1. The maximum absolute atomic E-state index is 12.1. The number of thiophene rings is 1. The predicted octanol–water partition coefficient (Wildman–Crippen LogP) is 3.38. The van der Waals surface area contributed by atoms with Crippen LogP contribution in [-0.2, 0) is 6.54 Å². The molecule has 0 bridgehead atoms. The highest BCUT2D eigenvalue weighted by molar-refractivity contribution is 7.07. The maximum Gasteiger partial charge on any atom is 0.253 e. The monoisotopic (exact) mass is 281 g/mol. The maximum atomic E-state index is 12.1. The Labute approximate surface area is 114 Å². The molecule has 1 heterocycles. The lowest BCUT2D eigenvalue weighted by Gasteiger charge is -2.16. The van der Waals surface area contributed by atoms with Crippen LogP contribution in [0.4, 0.5) is 0 Å². The zero-order valence-corrected chi connectivity index (χ0v) is 11.3. The summed E-state index contributed by atoms with van der Waals surface area (Å²) in [5.74, 6) is -0.142. The van der Waals surface area contributed by atoms with Gasteiger partial charge >= 0.3 is 0 Å². The summed E-state index contributed by atoms with van der Waals surface area (Å²) in [7, 11) is 1.74. The van der Waals surface area contributed by atoms with Gasteiger partial charge in [-0.05, 0) is 40.6 Å². The molecule has 0 aliphatic rings. The van der Waals surface area contributed by atoms with E-state index in [4.69, 9.17) is 11.6 Å². The van der Waals surface area contributed by atoms with E-state index in [2.05, 4.69) is 0 Å². The molecule has 0 fully saturated rings. The van der Waals surface area contributed by atoms with Crippen LogP contribution >= 0.6 is 22.9 Å². The van der Waals surface area contributed by atoms with E-state index in [1.807, 2.05) is 16.8 Å². The van der Waals surface area contributed by atoms with Crippen LogP contribution in [0.1, 0.15) is 15.9 Å². The van der Waals surface area contributed by atoms with Gasteiger partial charge in [0.25, 0.3) is 5.91 Å². The lowest BCUT2D eigenvalue weighted by molar-refractivity contribution is 0.0785. The van der Waals surface area contributed by atoms with Crippen molar-refractivity contribution < 1.29 is 9.90 Å². The van der Waals surface area contributed by atoms with Gasteiger partial charge in [-0.3, -0.25) is 4.79 Å². The molecule has 1 aromatic heterocycles. The third-order valence-electron chi connectivity index (χ3n) is 2.54. The van der Waals surface area contributed by atoms with Crippen LogP contribution in [0.3, 0.4) is 0 Å². The number of phenolic OH excluding ortho intramolecular Hbond substituents is 1. The topological polar surface area (TPSA) is 40.5 Å². The second kappa shape index (κ2) is 5.42. The molecule has 0 spiro atoms. The van der Waals surface area contributed by atoms with E-state index < -0.39 is 0 Å². The summed E-state index contributed by atoms with van der Waals surface area (Å²) >= 11 is 7.39. The van der Waals surface area contributed by atoms with Gasteiger partial charge in [-0.15, -0.1) is 0 Å². The van der Waals surface area contributed by atoms with Crippen LogP contribution in [0.5, 0.6) is 5.75 Å². The molecule has 0 atom stereocenters. The average molecular weight is 282 g/mol. The van der Waals surface area contributed by atoms with E-state index in [0.29, 0.717) is 12.1 Å². The fourth-order valence-corrected chi connectivity index (χ4v) is 2.43. The Bertz CT molecular complexity index is 554. The van der Waals surface area contributed by atoms with E-state index in [9.17, 15) is 9.90 Å². The number of nitrogens with zero attached hydrogens (tertiary/aromatic N) is 1. The molecule has 94 valence electrons. The van der Waals surface area contributed by atoms with Crippen molar-refractivity contribution in [1.82, 2.24) is 4.90 Å². The lowest BCUT2D eigenvalue weighted by Crippen LogP contribution is -2.25. The first-order valence-corrected chi connectivity index (χ1v) is 6.65. The summed E-state index contributed by atoms with van der Waals surface area (Å²) in [6.07, 6.45) is 0. The Morgan fingerprint density at radius 2 is 2.22 bits per heavy atom. The third kappa shape index (κ3) is 2.83. The van der Waals surface area contributed by atoms with Crippen LogP contribution in [0.15, 0.2) is 35.0 Å². The van der Waals surface area contributed by atoms with Gasteiger partial charge in [0.2, 0.25) is 0 Å². The standard InChI is InChI=1S/C13H12ClNO2S/c1-15(7-9-4-5-18-8-9)13(17)10-2-3-12(16)11(14)6-10/h2-6,8,16H,7H2,1H3. The molecule has 0 saturated carbocycles. The van der Waals surface area contributed by atoms with Crippen molar-refractivity contribution in [2.75, 3.05) is 7.05 Å². The zero-order valence-electron chi connectivity index (χ0n) is 9.76. The normalized spacial score (nSPS) is 10.3. The number of benzene rings is 1. The molecule has 3 nitrogen and oxygen atoms in total. The molecule has 0 unspecified atom stereocenters. The molecule has 5 heteroatoms. The quantitative estimate of drug-likeness (QED) is 0.937. The highest BCUT2D eigenvalue weighted by Gasteiger charge is 2.13. The van der Waals surface area contributed by atoms with Crippen molar-refractivity contribution >= 4 is 28.8 Å². The summed E-state index contributed by atoms with van der Waals surface area (Å²) in [4.78, 5) is 13.7. The van der Waals surface area contributed by atoms with Gasteiger partial charge in [-0.25, -0.2) is 0 Å². The molecule has 0 radical (unpaired) electrons. The average Bonchev–Trinajstić information content (AvgIpc) is 2.84. The first kappa shape index (κ1) is 12.9. The zero-order chi connectivity index (χ0) is 13.1. The largest absolute Gasteiger partial charge is 0.506 e. The van der Waals surface area contributed by atoms with Crippen LogP contribution in [-0.4, -0.2) is 23.0 Å². The Morgan fingerprint density at radius 3 is 2.83 bits per heavy atom. The minimum absolute atomic E-state index is 0.0197. The van der Waals surface area contributed by atoms with Crippen LogP contribution in [0, 0.1) is 0 Å². The highest BCUT2D eigenvalue weighted by atomic mass is 35.5. The molecule has 1 N–H and O–H groups in total. The highest BCUT2D eigenvalue weighted by Crippen LogP contribution is 2.24. The molecule has 1 aromatic carbocycles. The van der Waals surface area contributed by atoms with E-state index in [0.717, 1.165) is 5.56 Å². The smallest absolute Gasteiger partial charge is 0.253 e. The first-order chi connectivity index (χ1) is 8.58. The molecule has 2 rings (SSSR count). The Hall–Kier alpha value is -1.52. The number of hydrogen-bond acceptors (Lipinski definition) is 3. The SMILES string of the molecule is CN(Cc1ccsc1)C(=O)c1ccc(O)c(Cl)c1. The molecule has 0 saturated heterocycles. The molecule has 18 heavy (non-hydrogen) atoms. The summed E-state index contributed by atoms with van der Waals surface area (Å²) in [5.41, 5.74) is 1.57. The minimum atomic E-state index is -0.122. The van der Waals surface area contributed by atoms with Crippen molar-refractivity contribution in [1.29, 1.82) is 0 Å². The molecule has 2 aromatic rings. The van der Waals surface area contributed by atoms with E-state index in [1.165, 1.54) is 12.1 Å². The van der Waals surface area contributed by atoms with Crippen molar-refractivity contribution in [2.45, 2.75) is 6.54 Å². The number of carbonyl (C=O) groups excluding carboxylic acids is 1. The summed E-state index contributed by atoms with van der Waals surface area (Å²) in [6.45, 7) is 0.556. The summed E-state index contributed by atoms with van der Waals surface area (Å²) in [5, 5.41) is 13.5. The van der Waals surface area contributed by atoms with E-state index in [1.54, 1.807) is 29.4 Å². The number of phenols is 1. The minimum Gasteiger partial charge on any atom is -0.506 e. The fourth-order valence-electron chi connectivity index (χ4n) is 1.59. The first-order valence-electron chi connectivity index (χ1n) is 5.33. The van der Waals surface area contributed by atoms with Gasteiger partial charge < -0.3 is 10.0 Å². The number of amides is 1. The van der Waals surface area contributed by atoms with Gasteiger partial charge in [-0.2, -0.15) is 11.3 Å². The van der Waals surface area contributed by atoms with Gasteiger partial charge in [-0.1, -0.05) is 11.6 Å². The van der Waals surface area contributed by atoms with E-state index in [-0.39, 0.29) is 16.7 Å². The molecule has 0 aliphatic heterocycles. The number of rotatable bonds is 3. The Kier molecular flexibility index (Phi) is 3.89.